The standard InChI is InChI=1S/C26H34N4O/c1-3-17-31-18-7-9-23-12-11-22(20-27-23)25-19-21-8-5-6-10-24(21)26(28-25)30-15-13-29(4-2)14-16-30/h5-6,8,10-12,19-20H,3-4,7,9,13-18H2,1-2H3. The van der Waals surface area contributed by atoms with Crippen molar-refractivity contribution in [2.24, 2.45) is 0 Å². The Morgan fingerprint density at radius 1 is 0.968 bits per heavy atom. The molecule has 31 heavy (non-hydrogen) atoms. The van der Waals surface area contributed by atoms with Crippen LogP contribution in [0.5, 0.6) is 0 Å². The predicted octanol–water partition coefficient (Wildman–Crippen LogP) is 4.80. The highest BCUT2D eigenvalue weighted by Gasteiger charge is 2.19. The average Bonchev–Trinajstić information content (AvgIpc) is 2.84. The summed E-state index contributed by atoms with van der Waals surface area (Å²) in [5, 5.41) is 2.46. The Balaban J connectivity index is 1.54. The summed E-state index contributed by atoms with van der Waals surface area (Å²) in [6.45, 7) is 11.4. The van der Waals surface area contributed by atoms with Crippen LogP contribution >= 0.6 is 0 Å². The third-order valence-corrected chi connectivity index (χ3v) is 6.03. The normalized spacial score (nSPS) is 15.0. The minimum atomic E-state index is 0.804. The van der Waals surface area contributed by atoms with Crippen LogP contribution in [0.3, 0.4) is 0 Å². The lowest BCUT2D eigenvalue weighted by atomic mass is 10.1. The maximum atomic E-state index is 5.58. The third-order valence-electron chi connectivity index (χ3n) is 6.03. The van der Waals surface area contributed by atoms with Crippen LogP contribution in [0.4, 0.5) is 5.82 Å². The van der Waals surface area contributed by atoms with Crippen molar-refractivity contribution in [2.75, 3.05) is 50.8 Å². The number of fused-ring (bicyclic) bond motifs is 1. The Labute approximate surface area is 186 Å². The van der Waals surface area contributed by atoms with E-state index in [9.17, 15) is 0 Å². The summed E-state index contributed by atoms with van der Waals surface area (Å²) >= 11 is 0. The van der Waals surface area contributed by atoms with Crippen LogP contribution < -0.4 is 4.90 Å². The second-order valence-corrected chi connectivity index (χ2v) is 8.23. The van der Waals surface area contributed by atoms with Crippen molar-refractivity contribution >= 4 is 16.6 Å². The van der Waals surface area contributed by atoms with Gasteiger partial charge < -0.3 is 14.5 Å². The van der Waals surface area contributed by atoms with E-state index in [-0.39, 0.29) is 0 Å². The summed E-state index contributed by atoms with van der Waals surface area (Å²) in [7, 11) is 0. The molecular formula is C26H34N4O. The van der Waals surface area contributed by atoms with Gasteiger partial charge in [-0.05, 0) is 49.4 Å². The molecule has 0 saturated carbocycles. The van der Waals surface area contributed by atoms with Gasteiger partial charge in [0, 0.05) is 62.2 Å². The maximum Gasteiger partial charge on any atom is 0.137 e. The number of anilines is 1. The van der Waals surface area contributed by atoms with Crippen molar-refractivity contribution in [1.82, 2.24) is 14.9 Å². The quantitative estimate of drug-likeness (QED) is 0.467. The molecule has 4 rings (SSSR count). The Morgan fingerprint density at radius 3 is 2.55 bits per heavy atom. The molecule has 0 unspecified atom stereocenters. The molecule has 1 saturated heterocycles. The average molecular weight is 419 g/mol. The second kappa shape index (κ2) is 10.7. The zero-order valence-corrected chi connectivity index (χ0v) is 18.9. The molecule has 0 atom stereocenters. The fourth-order valence-electron chi connectivity index (χ4n) is 4.17. The van der Waals surface area contributed by atoms with Crippen LogP contribution in [0.25, 0.3) is 22.0 Å². The van der Waals surface area contributed by atoms with Gasteiger partial charge in [-0.3, -0.25) is 4.98 Å². The van der Waals surface area contributed by atoms with Gasteiger partial charge in [0.1, 0.15) is 5.82 Å². The molecule has 3 heterocycles. The summed E-state index contributed by atoms with van der Waals surface area (Å²) < 4.78 is 5.58. The molecule has 3 aromatic rings. The molecule has 1 fully saturated rings. The minimum absolute atomic E-state index is 0.804. The van der Waals surface area contributed by atoms with Gasteiger partial charge in [-0.15, -0.1) is 0 Å². The van der Waals surface area contributed by atoms with Crippen molar-refractivity contribution in [3.05, 3.63) is 54.4 Å². The predicted molar refractivity (Wildman–Crippen MR) is 129 cm³/mol. The largest absolute Gasteiger partial charge is 0.381 e. The first-order valence-corrected chi connectivity index (χ1v) is 11.7. The first kappa shape index (κ1) is 21.7. The highest BCUT2D eigenvalue weighted by atomic mass is 16.5. The number of rotatable bonds is 9. The first-order valence-electron chi connectivity index (χ1n) is 11.7. The summed E-state index contributed by atoms with van der Waals surface area (Å²) in [4.78, 5) is 14.8. The topological polar surface area (TPSA) is 41.5 Å². The van der Waals surface area contributed by atoms with Gasteiger partial charge in [0.25, 0.3) is 0 Å². The molecule has 0 radical (unpaired) electrons. The molecule has 0 N–H and O–H groups in total. The van der Waals surface area contributed by atoms with Gasteiger partial charge in [0.15, 0.2) is 0 Å². The van der Waals surface area contributed by atoms with Crippen molar-refractivity contribution < 1.29 is 4.74 Å². The lowest BCUT2D eigenvalue weighted by molar-refractivity contribution is 0.132. The Bertz CT molecular complexity index is 965. The molecule has 0 spiro atoms. The first-order chi connectivity index (χ1) is 15.3. The molecule has 2 aromatic heterocycles. The Hall–Kier alpha value is -2.50. The van der Waals surface area contributed by atoms with Crippen molar-refractivity contribution in [2.45, 2.75) is 33.1 Å². The summed E-state index contributed by atoms with van der Waals surface area (Å²) in [5.74, 6) is 1.10. The van der Waals surface area contributed by atoms with Crippen LogP contribution in [0.15, 0.2) is 48.7 Å². The molecule has 1 aliphatic rings. The highest BCUT2D eigenvalue weighted by Crippen LogP contribution is 2.30. The number of likely N-dealkylation sites (N-methyl/N-ethyl adjacent to an activating group) is 1. The van der Waals surface area contributed by atoms with Gasteiger partial charge in [-0.25, -0.2) is 4.98 Å². The third kappa shape index (κ3) is 5.41. The van der Waals surface area contributed by atoms with E-state index >= 15 is 0 Å². The van der Waals surface area contributed by atoms with E-state index in [2.05, 4.69) is 66.1 Å². The monoisotopic (exact) mass is 418 g/mol. The molecular weight excluding hydrogens is 384 g/mol. The number of piperazine rings is 1. The van der Waals surface area contributed by atoms with Gasteiger partial charge in [0.05, 0.1) is 5.69 Å². The lowest BCUT2D eigenvalue weighted by Gasteiger charge is -2.35. The molecule has 0 amide bonds. The van der Waals surface area contributed by atoms with Gasteiger partial charge in [-0.2, -0.15) is 0 Å². The number of benzene rings is 1. The van der Waals surface area contributed by atoms with E-state index in [1.165, 1.54) is 10.8 Å². The molecule has 0 aliphatic carbocycles. The fraction of sp³-hybridized carbons (Fsp3) is 0.462. The van der Waals surface area contributed by atoms with Gasteiger partial charge >= 0.3 is 0 Å². The van der Waals surface area contributed by atoms with E-state index in [4.69, 9.17) is 14.7 Å². The number of hydrogen-bond donors (Lipinski definition) is 0. The number of nitrogens with zero attached hydrogens (tertiary/aromatic N) is 4. The van der Waals surface area contributed by atoms with E-state index in [1.54, 1.807) is 0 Å². The van der Waals surface area contributed by atoms with E-state index in [0.29, 0.717) is 0 Å². The number of pyridine rings is 2. The zero-order valence-electron chi connectivity index (χ0n) is 18.9. The fourth-order valence-corrected chi connectivity index (χ4v) is 4.17. The van der Waals surface area contributed by atoms with Crippen LogP contribution in [0, 0.1) is 0 Å². The van der Waals surface area contributed by atoms with E-state index in [1.807, 2.05) is 6.20 Å². The SMILES string of the molecule is CCCOCCCc1ccc(-c2cc3ccccc3c(N3CCN(CC)CC3)n2)cn1. The Kier molecular flexibility index (Phi) is 7.49. The molecule has 164 valence electrons. The molecule has 5 nitrogen and oxygen atoms in total. The lowest BCUT2D eigenvalue weighted by Crippen LogP contribution is -2.46. The van der Waals surface area contributed by atoms with E-state index in [0.717, 1.165) is 88.0 Å². The minimum Gasteiger partial charge on any atom is -0.381 e. The smallest absolute Gasteiger partial charge is 0.137 e. The van der Waals surface area contributed by atoms with Crippen molar-refractivity contribution in [1.29, 1.82) is 0 Å². The summed E-state index contributed by atoms with van der Waals surface area (Å²) in [6, 6.07) is 15.1. The summed E-state index contributed by atoms with van der Waals surface area (Å²) in [5.41, 5.74) is 3.18. The molecule has 0 bridgehead atoms. The highest BCUT2D eigenvalue weighted by molar-refractivity contribution is 5.95. The van der Waals surface area contributed by atoms with Gasteiger partial charge in [-0.1, -0.05) is 38.1 Å². The molecule has 5 heteroatoms. The van der Waals surface area contributed by atoms with Crippen LogP contribution in [-0.4, -0.2) is 60.8 Å². The van der Waals surface area contributed by atoms with Crippen molar-refractivity contribution in [3.63, 3.8) is 0 Å². The summed E-state index contributed by atoms with van der Waals surface area (Å²) in [6.07, 6.45) is 5.00. The number of aryl methyl sites for hydroxylation is 1. The van der Waals surface area contributed by atoms with E-state index < -0.39 is 0 Å². The molecule has 1 aliphatic heterocycles. The van der Waals surface area contributed by atoms with Crippen LogP contribution in [0.1, 0.15) is 32.4 Å². The zero-order chi connectivity index (χ0) is 21.5. The number of ether oxygens (including phenoxy) is 1. The number of hydrogen-bond acceptors (Lipinski definition) is 5. The van der Waals surface area contributed by atoms with Crippen LogP contribution in [-0.2, 0) is 11.2 Å². The van der Waals surface area contributed by atoms with Crippen LogP contribution in [0.2, 0.25) is 0 Å². The second-order valence-electron chi connectivity index (χ2n) is 8.23. The van der Waals surface area contributed by atoms with Gasteiger partial charge in [0.2, 0.25) is 0 Å². The Morgan fingerprint density at radius 2 is 1.81 bits per heavy atom. The molecule has 1 aromatic carbocycles. The number of aromatic nitrogens is 2. The van der Waals surface area contributed by atoms with Crippen molar-refractivity contribution in [3.8, 4) is 11.3 Å². The maximum absolute atomic E-state index is 5.58.